The lowest BCUT2D eigenvalue weighted by molar-refractivity contribution is 0.197. The summed E-state index contributed by atoms with van der Waals surface area (Å²) in [5.41, 5.74) is 2.60. The molecule has 0 spiro atoms. The first kappa shape index (κ1) is 20.1. The van der Waals surface area contributed by atoms with Gasteiger partial charge in [-0.25, -0.2) is 19.0 Å². The molecular weight excluding hydrogens is 386 g/mol. The first-order valence-corrected chi connectivity index (χ1v) is 12.0. The molecule has 0 saturated carbocycles. The first-order chi connectivity index (χ1) is 14.0. The van der Waals surface area contributed by atoms with Crippen molar-refractivity contribution >= 4 is 15.7 Å². The zero-order valence-corrected chi connectivity index (χ0v) is 18.0. The van der Waals surface area contributed by atoms with Crippen LogP contribution < -0.4 is 9.64 Å². The largest absolute Gasteiger partial charge is 0.493 e. The van der Waals surface area contributed by atoms with E-state index in [1.165, 1.54) is 11.1 Å². The van der Waals surface area contributed by atoms with Gasteiger partial charge in [-0.1, -0.05) is 19.1 Å². The number of rotatable bonds is 6. The summed E-state index contributed by atoms with van der Waals surface area (Å²) in [6.07, 6.45) is 4.84. The second-order valence-electron chi connectivity index (χ2n) is 7.76. The van der Waals surface area contributed by atoms with Gasteiger partial charge in [0.25, 0.3) is 0 Å². The molecule has 4 rings (SSSR count). The third-order valence-corrected chi connectivity index (χ3v) is 7.79. The fraction of sp³-hybridized carbons (Fsp3) is 0.524. The van der Waals surface area contributed by atoms with Gasteiger partial charge >= 0.3 is 0 Å². The van der Waals surface area contributed by atoms with E-state index < -0.39 is 9.73 Å². The van der Waals surface area contributed by atoms with Crippen LogP contribution in [0.4, 0.5) is 5.95 Å². The lowest BCUT2D eigenvalue weighted by Crippen LogP contribution is -2.47. The maximum atomic E-state index is 12.4. The summed E-state index contributed by atoms with van der Waals surface area (Å²) in [6, 6.07) is 6.94. The quantitative estimate of drug-likeness (QED) is 0.781. The number of anilines is 1. The van der Waals surface area contributed by atoms with E-state index in [1.54, 1.807) is 12.4 Å². The molecule has 2 atom stereocenters. The van der Waals surface area contributed by atoms with Crippen LogP contribution in [0.5, 0.6) is 5.75 Å². The number of hydrogen-bond acceptors (Lipinski definition) is 7. The van der Waals surface area contributed by atoms with Crippen molar-refractivity contribution in [3.63, 3.8) is 0 Å². The van der Waals surface area contributed by atoms with Crippen LogP contribution >= 0.6 is 0 Å². The van der Waals surface area contributed by atoms with Crippen molar-refractivity contribution in [2.45, 2.75) is 37.6 Å². The molecule has 2 aliphatic heterocycles. The number of fused-ring (bicyclic) bond motifs is 1. The summed E-state index contributed by atoms with van der Waals surface area (Å²) in [7, 11) is -2.77. The predicted molar refractivity (Wildman–Crippen MR) is 114 cm³/mol. The molecule has 8 heteroatoms. The van der Waals surface area contributed by atoms with Gasteiger partial charge in [-0.3, -0.25) is 4.90 Å². The van der Waals surface area contributed by atoms with E-state index in [2.05, 4.69) is 44.9 Å². The monoisotopic (exact) mass is 415 g/mol. The average molecular weight is 416 g/mol. The molecule has 156 valence electrons. The summed E-state index contributed by atoms with van der Waals surface area (Å²) in [4.78, 5) is 13.9. The van der Waals surface area contributed by atoms with Crippen LogP contribution in [0, 0.1) is 4.78 Å². The van der Waals surface area contributed by atoms with Crippen LogP contribution in [0.25, 0.3) is 0 Å². The molecule has 2 aliphatic rings. The molecule has 1 saturated heterocycles. The van der Waals surface area contributed by atoms with Crippen LogP contribution in [0.2, 0.25) is 0 Å². The van der Waals surface area contributed by atoms with Crippen LogP contribution in [0.15, 0.2) is 35.5 Å². The summed E-state index contributed by atoms with van der Waals surface area (Å²) < 4.78 is 26.1. The summed E-state index contributed by atoms with van der Waals surface area (Å²) in [5.74, 6) is 2.04. The van der Waals surface area contributed by atoms with E-state index in [0.717, 1.165) is 45.0 Å². The molecule has 1 aromatic heterocycles. The van der Waals surface area contributed by atoms with Gasteiger partial charge in [0.15, 0.2) is 0 Å². The van der Waals surface area contributed by atoms with Gasteiger partial charge < -0.3 is 9.64 Å². The minimum absolute atomic E-state index is 0.331. The number of nitrogens with zero attached hydrogens (tertiary/aromatic N) is 4. The van der Waals surface area contributed by atoms with Gasteiger partial charge in [0.2, 0.25) is 5.95 Å². The Balaban J connectivity index is 1.38. The van der Waals surface area contributed by atoms with E-state index in [4.69, 9.17) is 9.52 Å². The van der Waals surface area contributed by atoms with E-state index >= 15 is 0 Å². The second-order valence-corrected chi connectivity index (χ2v) is 9.99. The Kier molecular flexibility index (Phi) is 5.74. The smallest absolute Gasteiger partial charge is 0.225 e. The average Bonchev–Trinajstić information content (AvgIpc) is 3.21. The number of benzene rings is 1. The summed E-state index contributed by atoms with van der Waals surface area (Å²) >= 11 is 0. The van der Waals surface area contributed by atoms with Crippen LogP contribution in [0.1, 0.15) is 37.4 Å². The molecule has 0 radical (unpaired) electrons. The van der Waals surface area contributed by atoms with Crippen LogP contribution in [-0.4, -0.2) is 57.6 Å². The topological polar surface area (TPSA) is 82.4 Å². The molecule has 29 heavy (non-hydrogen) atoms. The molecule has 1 fully saturated rings. The van der Waals surface area contributed by atoms with E-state index in [0.29, 0.717) is 29.1 Å². The number of ether oxygens (including phenoxy) is 1. The van der Waals surface area contributed by atoms with Crippen LogP contribution in [-0.2, 0) is 16.1 Å². The lowest BCUT2D eigenvalue weighted by Gasteiger charge is -2.38. The molecule has 2 aromatic rings. The van der Waals surface area contributed by atoms with Crippen molar-refractivity contribution in [3.8, 4) is 5.75 Å². The van der Waals surface area contributed by atoms with Gasteiger partial charge in [0, 0.05) is 56.8 Å². The van der Waals surface area contributed by atoms with Crippen molar-refractivity contribution in [2.24, 2.45) is 0 Å². The highest BCUT2D eigenvalue weighted by Gasteiger charge is 2.25. The maximum absolute atomic E-state index is 12.4. The van der Waals surface area contributed by atoms with E-state index in [1.807, 2.05) is 6.92 Å². The standard InChI is InChI=1S/C21H29N5O2S/c1-3-12-29(22,27)19-14-23-21(24-15-19)26-9-7-25(8-10-26)16(2)18-5-4-17-6-11-28-20(17)13-18/h4-5,13-16,22H,3,6-12H2,1-2H3. The van der Waals surface area contributed by atoms with Crippen molar-refractivity contribution in [2.75, 3.05) is 43.4 Å². The normalized spacial score (nSPS) is 20.0. The Bertz CT molecular complexity index is 954. The summed E-state index contributed by atoms with van der Waals surface area (Å²) in [5, 5.41) is 0. The molecule has 1 aromatic carbocycles. The number of nitrogens with one attached hydrogen (secondary N) is 1. The van der Waals surface area contributed by atoms with E-state index in [9.17, 15) is 4.21 Å². The first-order valence-electron chi connectivity index (χ1n) is 10.3. The highest BCUT2D eigenvalue weighted by molar-refractivity contribution is 7.92. The van der Waals surface area contributed by atoms with Gasteiger partial charge in [-0.2, -0.15) is 0 Å². The fourth-order valence-electron chi connectivity index (χ4n) is 4.01. The fourth-order valence-corrected chi connectivity index (χ4v) is 5.27. The second kappa shape index (κ2) is 8.28. The Hall–Kier alpha value is -2.19. The van der Waals surface area contributed by atoms with Gasteiger partial charge in [0.05, 0.1) is 21.2 Å². The molecule has 0 bridgehead atoms. The van der Waals surface area contributed by atoms with Gasteiger partial charge in [-0.15, -0.1) is 0 Å². The third kappa shape index (κ3) is 4.23. The Labute approximate surface area is 173 Å². The van der Waals surface area contributed by atoms with Crippen molar-refractivity contribution in [1.82, 2.24) is 14.9 Å². The molecule has 3 heterocycles. The zero-order chi connectivity index (χ0) is 20.4. The predicted octanol–water partition coefficient (Wildman–Crippen LogP) is 3.11. The van der Waals surface area contributed by atoms with Crippen molar-refractivity contribution in [1.29, 1.82) is 4.78 Å². The Morgan fingerprint density at radius 2 is 1.93 bits per heavy atom. The van der Waals surface area contributed by atoms with Crippen molar-refractivity contribution < 1.29 is 8.95 Å². The van der Waals surface area contributed by atoms with Crippen molar-refractivity contribution in [3.05, 3.63) is 41.7 Å². The molecule has 2 unspecified atom stereocenters. The van der Waals surface area contributed by atoms with Crippen LogP contribution in [0.3, 0.4) is 0 Å². The molecule has 1 N–H and O–H groups in total. The minimum atomic E-state index is -2.77. The number of hydrogen-bond donors (Lipinski definition) is 1. The SMILES string of the molecule is CCCS(=N)(=O)c1cnc(N2CCN(C(C)c3ccc4c(c3)OCC4)CC2)nc1. The maximum Gasteiger partial charge on any atom is 0.225 e. The summed E-state index contributed by atoms with van der Waals surface area (Å²) in [6.45, 7) is 8.51. The highest BCUT2D eigenvalue weighted by Crippen LogP contribution is 2.31. The van der Waals surface area contributed by atoms with Gasteiger partial charge in [0.1, 0.15) is 5.75 Å². The molecular formula is C21H29N5O2S. The zero-order valence-electron chi connectivity index (χ0n) is 17.1. The lowest BCUT2D eigenvalue weighted by atomic mass is 10.0. The Morgan fingerprint density at radius 3 is 2.62 bits per heavy atom. The number of piperazine rings is 1. The minimum Gasteiger partial charge on any atom is -0.493 e. The third-order valence-electron chi connectivity index (χ3n) is 5.83. The number of aromatic nitrogens is 2. The molecule has 7 nitrogen and oxygen atoms in total. The van der Waals surface area contributed by atoms with E-state index in [-0.39, 0.29) is 0 Å². The molecule has 0 aliphatic carbocycles. The molecule has 0 amide bonds. The highest BCUT2D eigenvalue weighted by atomic mass is 32.2. The van der Waals surface area contributed by atoms with Gasteiger partial charge in [-0.05, 0) is 30.5 Å². The Morgan fingerprint density at radius 1 is 1.21 bits per heavy atom.